The van der Waals surface area contributed by atoms with Gasteiger partial charge in [0.15, 0.2) is 0 Å². The van der Waals surface area contributed by atoms with Gasteiger partial charge in [0.05, 0.1) is 5.69 Å². The van der Waals surface area contributed by atoms with Crippen molar-refractivity contribution >= 4 is 23.5 Å². The lowest BCUT2D eigenvalue weighted by molar-refractivity contribution is 0.719. The Morgan fingerprint density at radius 2 is 1.90 bits per heavy atom. The summed E-state index contributed by atoms with van der Waals surface area (Å²) in [4.78, 5) is 5.62. The average molecular weight is 288 g/mol. The van der Waals surface area contributed by atoms with Crippen LogP contribution < -0.4 is 0 Å². The van der Waals surface area contributed by atoms with Gasteiger partial charge < -0.3 is 0 Å². The Morgan fingerprint density at radius 3 is 2.45 bits per heavy atom. The van der Waals surface area contributed by atoms with Crippen molar-refractivity contribution in [3.63, 3.8) is 0 Å². The van der Waals surface area contributed by atoms with Crippen molar-refractivity contribution in [2.75, 3.05) is 0 Å². The Labute approximate surface area is 123 Å². The van der Waals surface area contributed by atoms with Crippen molar-refractivity contribution < 1.29 is 0 Å². The van der Waals surface area contributed by atoms with Gasteiger partial charge in [0, 0.05) is 11.2 Å². The topological polar surface area (TPSA) is 56.0 Å². The standard InChI is InChI=1S/C12H12ClN5.C2H2/c1-3-11(14-4-2)12-15-17-18(16-12)10-7-5-9(13)6-8-10;1-2/h3-8H,1-2H3;1-2H/b11-3-,14-4?;. The summed E-state index contributed by atoms with van der Waals surface area (Å²) in [6, 6.07) is 7.21. The molecule has 1 aromatic heterocycles. The van der Waals surface area contributed by atoms with Crippen LogP contribution in [0.25, 0.3) is 11.4 Å². The first-order chi connectivity index (χ1) is 9.74. The molecule has 2 aromatic rings. The summed E-state index contributed by atoms with van der Waals surface area (Å²) in [5.74, 6) is 0.491. The van der Waals surface area contributed by atoms with Gasteiger partial charge in [-0.15, -0.1) is 27.8 Å². The number of aliphatic imine (C=N–C) groups is 1. The highest BCUT2D eigenvalue weighted by atomic mass is 35.5. The number of hydrogen-bond acceptors (Lipinski definition) is 4. The van der Waals surface area contributed by atoms with Gasteiger partial charge in [-0.3, -0.25) is 4.99 Å². The van der Waals surface area contributed by atoms with Gasteiger partial charge in [-0.25, -0.2) is 0 Å². The van der Waals surface area contributed by atoms with Crippen molar-refractivity contribution in [2.45, 2.75) is 13.8 Å². The van der Waals surface area contributed by atoms with Crippen LogP contribution in [0.15, 0.2) is 35.3 Å². The molecule has 0 N–H and O–H groups in total. The van der Waals surface area contributed by atoms with E-state index in [1.165, 1.54) is 4.80 Å². The first-order valence-electron chi connectivity index (χ1n) is 5.79. The second kappa shape index (κ2) is 7.87. The zero-order valence-electron chi connectivity index (χ0n) is 11.2. The zero-order valence-corrected chi connectivity index (χ0v) is 12.0. The lowest BCUT2D eigenvalue weighted by Crippen LogP contribution is -1.98. The summed E-state index contributed by atoms with van der Waals surface area (Å²) >= 11 is 5.82. The van der Waals surface area contributed by atoms with Crippen LogP contribution >= 0.6 is 11.6 Å². The molecule has 0 saturated carbocycles. The van der Waals surface area contributed by atoms with Crippen LogP contribution in [0.1, 0.15) is 19.7 Å². The maximum absolute atomic E-state index is 5.82. The smallest absolute Gasteiger partial charge is 0.223 e. The average Bonchev–Trinajstić information content (AvgIpc) is 2.97. The van der Waals surface area contributed by atoms with E-state index in [2.05, 4.69) is 33.2 Å². The van der Waals surface area contributed by atoms with Crippen LogP contribution in [0.4, 0.5) is 0 Å². The molecule has 0 amide bonds. The number of aromatic nitrogens is 4. The monoisotopic (exact) mass is 287 g/mol. The number of nitrogens with zero attached hydrogens (tertiary/aromatic N) is 5. The molecular weight excluding hydrogens is 274 g/mol. The molecule has 1 heterocycles. The van der Waals surface area contributed by atoms with E-state index in [-0.39, 0.29) is 0 Å². The van der Waals surface area contributed by atoms with Crippen LogP contribution in [-0.2, 0) is 0 Å². The first kappa shape index (κ1) is 15.6. The molecule has 0 unspecified atom stereocenters. The second-order valence-electron chi connectivity index (χ2n) is 3.44. The Kier molecular flexibility index (Phi) is 6.14. The highest BCUT2D eigenvalue weighted by Gasteiger charge is 2.07. The Hall–Kier alpha value is -2.45. The SMILES string of the molecule is C#C.CC=N/C(=C\C)c1nnn(-c2ccc(Cl)cc2)n1. The number of tetrazole rings is 1. The normalized spacial score (nSPS) is 11.2. The third-order valence-electron chi connectivity index (χ3n) is 2.24. The summed E-state index contributed by atoms with van der Waals surface area (Å²) in [6.07, 6.45) is 11.5. The fourth-order valence-electron chi connectivity index (χ4n) is 1.40. The first-order valence-corrected chi connectivity index (χ1v) is 6.17. The molecule has 0 aliphatic carbocycles. The maximum atomic E-state index is 5.82. The minimum Gasteiger partial charge on any atom is -0.258 e. The van der Waals surface area contributed by atoms with Crippen molar-refractivity contribution in [3.05, 3.63) is 41.2 Å². The molecule has 0 aliphatic heterocycles. The van der Waals surface area contributed by atoms with Crippen molar-refractivity contribution in [1.29, 1.82) is 0 Å². The number of hydrogen-bond donors (Lipinski definition) is 0. The van der Waals surface area contributed by atoms with Gasteiger partial charge in [0.1, 0.15) is 5.70 Å². The van der Waals surface area contributed by atoms with E-state index in [0.29, 0.717) is 16.5 Å². The predicted molar refractivity (Wildman–Crippen MR) is 81.9 cm³/mol. The van der Waals surface area contributed by atoms with Gasteiger partial charge >= 0.3 is 0 Å². The van der Waals surface area contributed by atoms with E-state index in [9.17, 15) is 0 Å². The number of allylic oxidation sites excluding steroid dienone is 1. The quantitative estimate of drug-likeness (QED) is 0.644. The number of benzene rings is 1. The molecule has 102 valence electrons. The summed E-state index contributed by atoms with van der Waals surface area (Å²) in [5.41, 5.74) is 1.49. The van der Waals surface area contributed by atoms with Crippen LogP contribution in [0.3, 0.4) is 0 Å². The summed E-state index contributed by atoms with van der Waals surface area (Å²) in [5, 5.41) is 12.9. The highest BCUT2D eigenvalue weighted by Crippen LogP contribution is 2.13. The van der Waals surface area contributed by atoms with Crippen LogP contribution in [-0.4, -0.2) is 26.4 Å². The molecule has 0 atom stereocenters. The molecule has 1 aromatic carbocycles. The largest absolute Gasteiger partial charge is 0.258 e. The maximum Gasteiger partial charge on any atom is 0.223 e. The number of rotatable bonds is 3. The fraction of sp³-hybridized carbons (Fsp3) is 0.143. The summed E-state index contributed by atoms with van der Waals surface area (Å²) in [7, 11) is 0. The van der Waals surface area contributed by atoms with Gasteiger partial charge in [0.2, 0.25) is 5.82 Å². The van der Waals surface area contributed by atoms with E-state index >= 15 is 0 Å². The van der Waals surface area contributed by atoms with Crippen molar-refractivity contribution in [1.82, 2.24) is 20.2 Å². The van der Waals surface area contributed by atoms with E-state index in [1.54, 1.807) is 18.3 Å². The van der Waals surface area contributed by atoms with Gasteiger partial charge in [-0.2, -0.15) is 0 Å². The Morgan fingerprint density at radius 1 is 1.25 bits per heavy atom. The molecule has 20 heavy (non-hydrogen) atoms. The van der Waals surface area contributed by atoms with Crippen molar-refractivity contribution in [3.8, 4) is 18.5 Å². The Bertz CT molecular complexity index is 623. The van der Waals surface area contributed by atoms with E-state index < -0.39 is 0 Å². The number of terminal acetylenes is 1. The molecular formula is C14H14ClN5. The summed E-state index contributed by atoms with van der Waals surface area (Å²) < 4.78 is 0. The third-order valence-corrected chi connectivity index (χ3v) is 2.49. The second-order valence-corrected chi connectivity index (χ2v) is 3.88. The minimum absolute atomic E-state index is 0.491. The van der Waals surface area contributed by atoms with E-state index in [0.717, 1.165) is 5.69 Å². The van der Waals surface area contributed by atoms with Gasteiger partial charge in [-0.05, 0) is 43.3 Å². The third kappa shape index (κ3) is 3.77. The zero-order chi connectivity index (χ0) is 15.0. The minimum atomic E-state index is 0.491. The number of halogens is 1. The predicted octanol–water partition coefficient (Wildman–Crippen LogP) is 3.02. The molecule has 0 aliphatic rings. The highest BCUT2D eigenvalue weighted by molar-refractivity contribution is 6.30. The molecule has 0 fully saturated rings. The molecule has 5 nitrogen and oxygen atoms in total. The van der Waals surface area contributed by atoms with Gasteiger partial charge in [-0.1, -0.05) is 17.7 Å². The molecule has 0 saturated heterocycles. The summed E-state index contributed by atoms with van der Waals surface area (Å²) in [6.45, 7) is 3.72. The van der Waals surface area contributed by atoms with E-state index in [1.807, 2.05) is 32.1 Å². The molecule has 0 radical (unpaired) electrons. The Balaban J connectivity index is 0.000000956. The van der Waals surface area contributed by atoms with Crippen molar-refractivity contribution in [2.24, 2.45) is 4.99 Å². The van der Waals surface area contributed by atoms with Crippen LogP contribution in [0.2, 0.25) is 5.02 Å². The fourth-order valence-corrected chi connectivity index (χ4v) is 1.53. The van der Waals surface area contributed by atoms with Crippen LogP contribution in [0, 0.1) is 12.8 Å². The lowest BCUT2D eigenvalue weighted by atomic mass is 10.3. The molecule has 6 heteroatoms. The molecule has 0 bridgehead atoms. The molecule has 2 rings (SSSR count). The van der Waals surface area contributed by atoms with Gasteiger partial charge in [0.25, 0.3) is 0 Å². The lowest BCUT2D eigenvalue weighted by Gasteiger charge is -1.97. The van der Waals surface area contributed by atoms with Crippen LogP contribution in [0.5, 0.6) is 0 Å². The van der Waals surface area contributed by atoms with E-state index in [4.69, 9.17) is 11.6 Å². The molecule has 0 spiro atoms.